The number of aromatic nitrogens is 5. The average Bonchev–Trinajstić information content (AvgIpc) is 3.32. The quantitative estimate of drug-likeness (QED) is 0.558. The fourth-order valence-electron chi connectivity index (χ4n) is 2.94. The van der Waals surface area contributed by atoms with E-state index >= 15 is 0 Å². The fraction of sp³-hybridized carbons (Fsp3) is 0.150. The topological polar surface area (TPSA) is 48.5 Å². The molecule has 0 aliphatic rings. The number of hydrogen-bond donors (Lipinski definition) is 0. The lowest BCUT2D eigenvalue weighted by Crippen LogP contribution is -2.06. The minimum absolute atomic E-state index is 0.720. The van der Waals surface area contributed by atoms with Crippen LogP contribution in [0.2, 0.25) is 0 Å². The average molecular weight is 329 g/mol. The molecule has 0 fully saturated rings. The lowest BCUT2D eigenvalue weighted by molar-refractivity contribution is 0.624. The first-order valence-electron chi connectivity index (χ1n) is 8.37. The van der Waals surface area contributed by atoms with Gasteiger partial charge in [-0.25, -0.2) is 4.98 Å². The Labute approximate surface area is 146 Å². The summed E-state index contributed by atoms with van der Waals surface area (Å²) < 4.78 is 4.09. The highest BCUT2D eigenvalue weighted by molar-refractivity contribution is 5.70. The monoisotopic (exact) mass is 329 g/mol. The third kappa shape index (κ3) is 3.21. The van der Waals surface area contributed by atoms with Crippen molar-refractivity contribution >= 4 is 0 Å². The van der Waals surface area contributed by atoms with Gasteiger partial charge >= 0.3 is 0 Å². The fourth-order valence-corrected chi connectivity index (χ4v) is 2.94. The molecular weight excluding hydrogens is 310 g/mol. The highest BCUT2D eigenvalue weighted by Crippen LogP contribution is 2.25. The van der Waals surface area contributed by atoms with Gasteiger partial charge in [-0.15, -0.1) is 0 Å². The summed E-state index contributed by atoms with van der Waals surface area (Å²) in [5, 5.41) is 4.73. The lowest BCUT2D eigenvalue weighted by atomic mass is 10.0. The zero-order valence-corrected chi connectivity index (χ0v) is 14.1. The van der Waals surface area contributed by atoms with E-state index in [2.05, 4.69) is 51.8 Å². The molecule has 4 rings (SSSR count). The van der Waals surface area contributed by atoms with E-state index in [0.29, 0.717) is 0 Å². The van der Waals surface area contributed by atoms with Crippen LogP contribution >= 0.6 is 0 Å². The number of hydrogen-bond acceptors (Lipinski definition) is 3. The van der Waals surface area contributed by atoms with E-state index in [1.54, 1.807) is 0 Å². The Morgan fingerprint density at radius 3 is 2.60 bits per heavy atom. The molecule has 0 saturated heterocycles. The molecule has 0 amide bonds. The van der Waals surface area contributed by atoms with E-state index in [9.17, 15) is 0 Å². The molecule has 3 heterocycles. The molecule has 0 atom stereocenters. The molecule has 5 nitrogen and oxygen atoms in total. The van der Waals surface area contributed by atoms with Crippen molar-refractivity contribution in [3.63, 3.8) is 0 Å². The summed E-state index contributed by atoms with van der Waals surface area (Å²) in [4.78, 5) is 8.30. The van der Waals surface area contributed by atoms with E-state index in [0.717, 1.165) is 35.6 Å². The van der Waals surface area contributed by atoms with E-state index in [-0.39, 0.29) is 0 Å². The molecule has 0 unspecified atom stereocenters. The van der Waals surface area contributed by atoms with Crippen LogP contribution in [0.25, 0.3) is 22.4 Å². The minimum atomic E-state index is 0.720. The van der Waals surface area contributed by atoms with Crippen LogP contribution in [-0.2, 0) is 13.1 Å². The van der Waals surface area contributed by atoms with Gasteiger partial charge in [0.1, 0.15) is 0 Å². The van der Waals surface area contributed by atoms with Crippen LogP contribution in [0.1, 0.15) is 12.6 Å². The third-order valence-electron chi connectivity index (χ3n) is 4.28. The van der Waals surface area contributed by atoms with E-state index < -0.39 is 0 Å². The summed E-state index contributed by atoms with van der Waals surface area (Å²) in [5.74, 6) is 0. The van der Waals surface area contributed by atoms with Crippen molar-refractivity contribution in [3.05, 3.63) is 79.3 Å². The zero-order chi connectivity index (χ0) is 17.1. The predicted octanol–water partition coefficient (Wildman–Crippen LogP) is 3.88. The van der Waals surface area contributed by atoms with Crippen LogP contribution in [0.15, 0.2) is 73.6 Å². The van der Waals surface area contributed by atoms with Gasteiger partial charge in [0.15, 0.2) is 0 Å². The highest BCUT2D eigenvalue weighted by Gasteiger charge is 2.07. The van der Waals surface area contributed by atoms with Crippen molar-refractivity contribution in [1.82, 2.24) is 24.3 Å². The molecule has 0 spiro atoms. The number of aryl methyl sites for hydroxylation is 1. The zero-order valence-electron chi connectivity index (χ0n) is 14.1. The Hall–Kier alpha value is -3.21. The van der Waals surface area contributed by atoms with Crippen molar-refractivity contribution < 1.29 is 0 Å². The van der Waals surface area contributed by atoms with Crippen LogP contribution in [-0.4, -0.2) is 24.3 Å². The maximum Gasteiger partial charge on any atom is 0.0948 e. The summed E-state index contributed by atoms with van der Waals surface area (Å²) in [6, 6.07) is 14.5. The van der Waals surface area contributed by atoms with Crippen LogP contribution in [0.4, 0.5) is 0 Å². The number of pyridine rings is 1. The molecule has 0 aliphatic carbocycles. The molecule has 0 N–H and O–H groups in total. The number of rotatable bonds is 5. The third-order valence-corrected chi connectivity index (χ3v) is 4.28. The van der Waals surface area contributed by atoms with Crippen molar-refractivity contribution in [2.24, 2.45) is 0 Å². The summed E-state index contributed by atoms with van der Waals surface area (Å²) in [7, 11) is 0. The van der Waals surface area contributed by atoms with Crippen LogP contribution in [0, 0.1) is 0 Å². The first kappa shape index (κ1) is 15.3. The van der Waals surface area contributed by atoms with Gasteiger partial charge in [-0.1, -0.05) is 18.2 Å². The molecule has 1 aromatic carbocycles. The molecule has 0 bridgehead atoms. The van der Waals surface area contributed by atoms with Gasteiger partial charge in [0.25, 0.3) is 0 Å². The van der Waals surface area contributed by atoms with Gasteiger partial charge in [0.05, 0.1) is 30.5 Å². The summed E-state index contributed by atoms with van der Waals surface area (Å²) in [6.45, 7) is 3.75. The molecule has 0 aliphatic heterocycles. The van der Waals surface area contributed by atoms with E-state index in [1.165, 1.54) is 5.56 Å². The van der Waals surface area contributed by atoms with Crippen molar-refractivity contribution in [2.75, 3.05) is 0 Å². The van der Waals surface area contributed by atoms with Gasteiger partial charge in [-0.2, -0.15) is 5.10 Å². The van der Waals surface area contributed by atoms with Gasteiger partial charge < -0.3 is 4.57 Å². The van der Waals surface area contributed by atoms with Gasteiger partial charge in [-0.05, 0) is 42.3 Å². The maximum absolute atomic E-state index is 4.73. The van der Waals surface area contributed by atoms with Gasteiger partial charge in [0.2, 0.25) is 0 Å². The molecule has 5 heteroatoms. The Kier molecular flexibility index (Phi) is 4.12. The Morgan fingerprint density at radius 2 is 1.76 bits per heavy atom. The Bertz CT molecular complexity index is 968. The largest absolute Gasteiger partial charge is 0.333 e. The smallest absolute Gasteiger partial charge is 0.0948 e. The molecule has 124 valence electrons. The van der Waals surface area contributed by atoms with Crippen molar-refractivity contribution in [2.45, 2.75) is 20.0 Å². The highest BCUT2D eigenvalue weighted by atomic mass is 15.3. The maximum atomic E-state index is 4.73. The van der Waals surface area contributed by atoms with Crippen LogP contribution < -0.4 is 0 Å². The molecule has 3 aromatic heterocycles. The number of benzene rings is 1. The standard InChI is InChI=1S/C20H19N5/c1-2-24-15-22-13-19(24)14-25-11-8-20(23-25)18-5-3-4-17(12-18)16-6-9-21-10-7-16/h3-13,15H,2,14H2,1H3. The Balaban J connectivity index is 1.60. The summed E-state index contributed by atoms with van der Waals surface area (Å²) in [6.07, 6.45) is 9.40. The Morgan fingerprint density at radius 1 is 0.920 bits per heavy atom. The van der Waals surface area contributed by atoms with Gasteiger partial charge in [0, 0.05) is 30.7 Å². The second-order valence-corrected chi connectivity index (χ2v) is 5.89. The lowest BCUT2D eigenvalue weighted by Gasteiger charge is -2.06. The summed E-state index contributed by atoms with van der Waals surface area (Å²) in [5.41, 5.74) is 5.56. The number of imidazole rings is 1. The molecular formula is C20H19N5. The second-order valence-electron chi connectivity index (χ2n) is 5.89. The van der Waals surface area contributed by atoms with Crippen molar-refractivity contribution in [3.8, 4) is 22.4 Å². The molecule has 0 radical (unpaired) electrons. The van der Waals surface area contributed by atoms with Crippen molar-refractivity contribution in [1.29, 1.82) is 0 Å². The first-order valence-corrected chi connectivity index (χ1v) is 8.37. The first-order chi connectivity index (χ1) is 12.3. The van der Waals surface area contributed by atoms with Crippen LogP contribution in [0.3, 0.4) is 0 Å². The minimum Gasteiger partial charge on any atom is -0.333 e. The molecule has 4 aromatic rings. The van der Waals surface area contributed by atoms with E-state index in [1.807, 2.05) is 47.9 Å². The van der Waals surface area contributed by atoms with Crippen LogP contribution in [0.5, 0.6) is 0 Å². The molecule has 0 saturated carbocycles. The van der Waals surface area contributed by atoms with Gasteiger partial charge in [-0.3, -0.25) is 9.67 Å². The summed E-state index contributed by atoms with van der Waals surface area (Å²) >= 11 is 0. The van der Waals surface area contributed by atoms with E-state index in [4.69, 9.17) is 5.10 Å². The second kappa shape index (κ2) is 6.73. The predicted molar refractivity (Wildman–Crippen MR) is 97.9 cm³/mol. The molecule has 25 heavy (non-hydrogen) atoms. The SMILES string of the molecule is CCn1cncc1Cn1ccc(-c2cccc(-c3ccncc3)c2)n1. The normalized spacial score (nSPS) is 10.9. The number of nitrogens with zero attached hydrogens (tertiary/aromatic N) is 5.